The maximum atomic E-state index is 12.1. The van der Waals surface area contributed by atoms with Crippen molar-refractivity contribution < 1.29 is 14.3 Å². The Labute approximate surface area is 162 Å². The molecular formula is C20H14Br2O3. The van der Waals surface area contributed by atoms with Crippen molar-refractivity contribution in [3.63, 3.8) is 0 Å². The summed E-state index contributed by atoms with van der Waals surface area (Å²) in [5, 5.41) is 0. The van der Waals surface area contributed by atoms with Gasteiger partial charge in [0.25, 0.3) is 0 Å². The van der Waals surface area contributed by atoms with Gasteiger partial charge in [0.15, 0.2) is 0 Å². The Hall–Kier alpha value is -2.11. The van der Waals surface area contributed by atoms with Crippen molar-refractivity contribution in [3.8, 4) is 5.75 Å². The van der Waals surface area contributed by atoms with Crippen LogP contribution in [0.4, 0.5) is 0 Å². The van der Waals surface area contributed by atoms with Crippen molar-refractivity contribution in [1.29, 1.82) is 0 Å². The zero-order valence-corrected chi connectivity index (χ0v) is 16.3. The molecule has 0 spiro atoms. The maximum absolute atomic E-state index is 12.1. The Morgan fingerprint density at radius 2 is 1.88 bits per heavy atom. The molecule has 0 radical (unpaired) electrons. The van der Waals surface area contributed by atoms with Crippen LogP contribution in [0.15, 0.2) is 75.7 Å². The number of benzene rings is 2. The van der Waals surface area contributed by atoms with Gasteiger partial charge in [-0.1, -0.05) is 46.8 Å². The number of cyclic esters (lactones) is 1. The molecule has 1 heterocycles. The average molecular weight is 462 g/mol. The normalized spacial score (nSPS) is 15.0. The highest BCUT2D eigenvalue weighted by molar-refractivity contribution is 9.10. The number of rotatable bonds is 5. The van der Waals surface area contributed by atoms with Crippen LogP contribution in [0.1, 0.15) is 11.1 Å². The number of hydrogen-bond acceptors (Lipinski definition) is 3. The zero-order chi connectivity index (χ0) is 17.8. The van der Waals surface area contributed by atoms with Crippen LogP contribution in [-0.4, -0.2) is 12.6 Å². The molecule has 0 aliphatic carbocycles. The van der Waals surface area contributed by atoms with Gasteiger partial charge in [-0.3, -0.25) is 0 Å². The van der Waals surface area contributed by atoms with Gasteiger partial charge in [0.1, 0.15) is 18.1 Å². The molecule has 0 saturated heterocycles. The molecule has 0 unspecified atom stereocenters. The minimum Gasteiger partial charge on any atom is -0.488 e. The molecule has 2 aromatic rings. The maximum Gasteiger partial charge on any atom is 0.343 e. The smallest absolute Gasteiger partial charge is 0.343 e. The van der Waals surface area contributed by atoms with E-state index < -0.39 is 0 Å². The molecule has 5 heteroatoms. The number of hydrogen-bond donors (Lipinski definition) is 0. The average Bonchev–Trinajstić information content (AvgIpc) is 2.95. The SMILES string of the molecule is C=CCOc1ccc(/C=C2\C=C(c3ccc(Br)cc3)OC2=O)cc1Br. The zero-order valence-electron chi connectivity index (χ0n) is 13.2. The van der Waals surface area contributed by atoms with E-state index in [1.807, 2.05) is 42.5 Å². The fourth-order valence-electron chi connectivity index (χ4n) is 2.30. The largest absolute Gasteiger partial charge is 0.488 e. The van der Waals surface area contributed by atoms with E-state index in [1.165, 1.54) is 0 Å². The fourth-order valence-corrected chi connectivity index (χ4v) is 3.07. The van der Waals surface area contributed by atoms with Gasteiger partial charge in [0.05, 0.1) is 10.0 Å². The second-order valence-electron chi connectivity index (χ2n) is 5.29. The second kappa shape index (κ2) is 7.85. The first-order valence-electron chi connectivity index (χ1n) is 7.51. The lowest BCUT2D eigenvalue weighted by Crippen LogP contribution is -1.97. The Balaban J connectivity index is 1.85. The summed E-state index contributed by atoms with van der Waals surface area (Å²) < 4.78 is 12.7. The van der Waals surface area contributed by atoms with Crippen molar-refractivity contribution in [2.24, 2.45) is 0 Å². The molecule has 0 N–H and O–H groups in total. The second-order valence-corrected chi connectivity index (χ2v) is 7.06. The topological polar surface area (TPSA) is 35.5 Å². The summed E-state index contributed by atoms with van der Waals surface area (Å²) in [6.45, 7) is 4.06. The third-order valence-electron chi connectivity index (χ3n) is 3.49. The van der Waals surface area contributed by atoms with Gasteiger partial charge in [0, 0.05) is 10.0 Å². The molecule has 3 nitrogen and oxygen atoms in total. The number of halogens is 2. The molecule has 0 atom stereocenters. The highest BCUT2D eigenvalue weighted by Gasteiger charge is 2.22. The van der Waals surface area contributed by atoms with Gasteiger partial charge in [-0.2, -0.15) is 0 Å². The van der Waals surface area contributed by atoms with Gasteiger partial charge in [-0.25, -0.2) is 4.79 Å². The van der Waals surface area contributed by atoms with Crippen LogP contribution in [0.2, 0.25) is 0 Å². The molecule has 0 bridgehead atoms. The van der Waals surface area contributed by atoms with Crippen LogP contribution in [0, 0.1) is 0 Å². The predicted octanol–water partition coefficient (Wildman–Crippen LogP) is 5.76. The number of ether oxygens (including phenoxy) is 2. The molecule has 0 amide bonds. The van der Waals surface area contributed by atoms with Crippen molar-refractivity contribution in [3.05, 3.63) is 86.8 Å². The number of esters is 1. The van der Waals surface area contributed by atoms with Crippen LogP contribution in [0.5, 0.6) is 5.75 Å². The van der Waals surface area contributed by atoms with Gasteiger partial charge in [-0.15, -0.1) is 0 Å². The Bertz CT molecular complexity index is 880. The van der Waals surface area contributed by atoms with E-state index in [4.69, 9.17) is 9.47 Å². The van der Waals surface area contributed by atoms with E-state index >= 15 is 0 Å². The summed E-state index contributed by atoms with van der Waals surface area (Å²) in [6.07, 6.45) is 5.23. The van der Waals surface area contributed by atoms with Crippen molar-refractivity contribution >= 4 is 49.7 Å². The van der Waals surface area contributed by atoms with Crippen LogP contribution in [0.25, 0.3) is 11.8 Å². The fraction of sp³-hybridized carbons (Fsp3) is 0.0500. The molecule has 1 aliphatic rings. The van der Waals surface area contributed by atoms with E-state index in [9.17, 15) is 4.79 Å². The minimum atomic E-state index is -0.360. The van der Waals surface area contributed by atoms with Crippen LogP contribution in [-0.2, 0) is 9.53 Å². The molecule has 3 rings (SSSR count). The molecule has 25 heavy (non-hydrogen) atoms. The highest BCUT2D eigenvalue weighted by Crippen LogP contribution is 2.30. The molecule has 0 saturated carbocycles. The highest BCUT2D eigenvalue weighted by atomic mass is 79.9. The van der Waals surface area contributed by atoms with Crippen molar-refractivity contribution in [2.45, 2.75) is 0 Å². The first-order chi connectivity index (χ1) is 12.1. The Kier molecular flexibility index (Phi) is 5.56. The van der Waals surface area contributed by atoms with E-state index in [2.05, 4.69) is 38.4 Å². The first kappa shape index (κ1) is 17.7. The number of carbonyl (C=O) groups excluding carboxylic acids is 1. The third kappa shape index (κ3) is 4.30. The minimum absolute atomic E-state index is 0.360. The van der Waals surface area contributed by atoms with Gasteiger partial charge < -0.3 is 9.47 Å². The monoisotopic (exact) mass is 460 g/mol. The molecule has 0 fully saturated rings. The Morgan fingerprint density at radius 1 is 1.12 bits per heavy atom. The summed E-state index contributed by atoms with van der Waals surface area (Å²) in [5.41, 5.74) is 2.23. The Morgan fingerprint density at radius 3 is 2.56 bits per heavy atom. The summed E-state index contributed by atoms with van der Waals surface area (Å²) in [6, 6.07) is 13.2. The molecule has 0 aromatic heterocycles. The summed E-state index contributed by atoms with van der Waals surface area (Å²) in [7, 11) is 0. The van der Waals surface area contributed by atoms with E-state index in [0.29, 0.717) is 17.9 Å². The van der Waals surface area contributed by atoms with Crippen molar-refractivity contribution in [1.82, 2.24) is 0 Å². The lowest BCUT2D eigenvalue weighted by Gasteiger charge is -2.06. The third-order valence-corrected chi connectivity index (χ3v) is 4.64. The molecule has 1 aliphatic heterocycles. The predicted molar refractivity (Wildman–Crippen MR) is 106 cm³/mol. The molecule has 2 aromatic carbocycles. The van der Waals surface area contributed by atoms with Crippen LogP contribution < -0.4 is 4.74 Å². The molecule has 126 valence electrons. The molecular weight excluding hydrogens is 448 g/mol. The summed E-state index contributed by atoms with van der Waals surface area (Å²) >= 11 is 6.86. The lowest BCUT2D eigenvalue weighted by molar-refractivity contribution is -0.130. The quantitative estimate of drug-likeness (QED) is 0.322. The standard InChI is InChI=1S/C20H14Br2O3/c1-2-9-24-18-8-3-13(11-17(18)22)10-15-12-19(25-20(15)23)14-4-6-16(21)7-5-14/h2-8,10-12H,1,9H2/b15-10+. The van der Waals surface area contributed by atoms with E-state index in [-0.39, 0.29) is 5.97 Å². The lowest BCUT2D eigenvalue weighted by atomic mass is 10.1. The van der Waals surface area contributed by atoms with Gasteiger partial charge in [-0.05, 0) is 57.9 Å². The van der Waals surface area contributed by atoms with E-state index in [1.54, 1.807) is 18.2 Å². The number of carbonyl (C=O) groups is 1. The summed E-state index contributed by atoms with van der Waals surface area (Å²) in [5.74, 6) is 0.914. The van der Waals surface area contributed by atoms with Crippen LogP contribution in [0.3, 0.4) is 0 Å². The first-order valence-corrected chi connectivity index (χ1v) is 9.10. The summed E-state index contributed by atoms with van der Waals surface area (Å²) in [4.78, 5) is 12.1. The van der Waals surface area contributed by atoms with Crippen molar-refractivity contribution in [2.75, 3.05) is 6.61 Å². The van der Waals surface area contributed by atoms with E-state index in [0.717, 1.165) is 25.8 Å². The van der Waals surface area contributed by atoms with Crippen LogP contribution >= 0.6 is 31.9 Å². The van der Waals surface area contributed by atoms with Gasteiger partial charge >= 0.3 is 5.97 Å². The van der Waals surface area contributed by atoms with Gasteiger partial charge in [0.2, 0.25) is 0 Å².